The van der Waals surface area contributed by atoms with E-state index < -0.39 is 17.7 Å². The second-order valence-electron chi connectivity index (χ2n) is 11.8. The second kappa shape index (κ2) is 13.4. The first-order chi connectivity index (χ1) is 21.8. The van der Waals surface area contributed by atoms with Gasteiger partial charge < -0.3 is 24.4 Å². The fraction of sp³-hybridized carbons (Fsp3) is 0.412. The number of anilines is 2. The molecule has 0 amide bonds. The fourth-order valence-electron chi connectivity index (χ4n) is 6.24. The summed E-state index contributed by atoms with van der Waals surface area (Å²) in [6.07, 6.45) is 1.69. The molecule has 2 aliphatic heterocycles. The van der Waals surface area contributed by atoms with Gasteiger partial charge in [0.05, 0.1) is 37.2 Å². The van der Waals surface area contributed by atoms with Crippen LogP contribution in [0, 0.1) is 17.6 Å². The van der Waals surface area contributed by atoms with E-state index in [0.29, 0.717) is 31.6 Å². The Bertz CT molecular complexity index is 1630. The number of halogens is 2. The summed E-state index contributed by atoms with van der Waals surface area (Å²) in [6, 6.07) is 19.2. The Morgan fingerprint density at radius 2 is 1.58 bits per heavy atom. The quantitative estimate of drug-likeness (QED) is 0.264. The fourth-order valence-corrected chi connectivity index (χ4v) is 6.24. The molecule has 6 rings (SSSR count). The van der Waals surface area contributed by atoms with Gasteiger partial charge in [-0.15, -0.1) is 0 Å². The zero-order valence-corrected chi connectivity index (χ0v) is 25.6. The molecule has 0 spiro atoms. The summed E-state index contributed by atoms with van der Waals surface area (Å²) >= 11 is 0. The Hall–Kier alpha value is -4.22. The number of ether oxygens (including phenoxy) is 2. The number of aliphatic hydroxyl groups is 1. The Morgan fingerprint density at radius 3 is 2.18 bits per heavy atom. The van der Waals surface area contributed by atoms with E-state index in [9.17, 15) is 18.7 Å². The molecule has 45 heavy (non-hydrogen) atoms. The number of hydrogen-bond donors (Lipinski definition) is 1. The second-order valence-corrected chi connectivity index (χ2v) is 11.8. The maximum Gasteiger partial charge on any atom is 0.350 e. The summed E-state index contributed by atoms with van der Waals surface area (Å²) in [5.41, 5.74) is 3.09. The van der Waals surface area contributed by atoms with E-state index >= 15 is 0 Å². The topological polar surface area (TPSA) is 85.0 Å². The molecule has 3 aromatic carbocycles. The van der Waals surface area contributed by atoms with Gasteiger partial charge in [0.25, 0.3) is 0 Å². The van der Waals surface area contributed by atoms with Crippen molar-refractivity contribution in [3.8, 4) is 11.4 Å². The van der Waals surface area contributed by atoms with E-state index in [2.05, 4.69) is 27.0 Å². The molecule has 0 bridgehead atoms. The Balaban J connectivity index is 0.985. The molecular weight excluding hydrogens is 580 g/mol. The lowest BCUT2D eigenvalue weighted by Gasteiger charge is -2.37. The average molecular weight is 620 g/mol. The number of aliphatic hydroxyl groups excluding tert-OH is 1. The smallest absolute Gasteiger partial charge is 0.350 e. The first-order valence-electron chi connectivity index (χ1n) is 15.5. The number of rotatable bonds is 10. The number of hydrogen-bond acceptors (Lipinski definition) is 7. The number of benzene rings is 3. The van der Waals surface area contributed by atoms with Crippen LogP contribution in [0.5, 0.6) is 5.75 Å². The standard InChI is InChI=1S/C34H39F2N5O4/c1-3-32(23(2)42)41-34(43)40(22-37-41)28-7-5-26(6-8-28)38-14-16-39(17-15-38)27-9-11-29(12-10-27)44-20-24-18-33(45-21-24)30-13-4-25(35)19-31(30)36/h4-13,19,22-24,32-33,42H,3,14-18,20-21H2,1-2H3/t23?,24-,32+,33?/m1/s1. The minimum absolute atomic E-state index is 0.128. The van der Waals surface area contributed by atoms with Crippen LogP contribution in [0.25, 0.3) is 5.69 Å². The average Bonchev–Trinajstić information content (AvgIpc) is 3.67. The minimum atomic E-state index is -0.668. The largest absolute Gasteiger partial charge is 0.493 e. The van der Waals surface area contributed by atoms with Crippen molar-refractivity contribution in [2.45, 2.75) is 44.9 Å². The van der Waals surface area contributed by atoms with Crippen LogP contribution in [-0.2, 0) is 4.74 Å². The predicted molar refractivity (Wildman–Crippen MR) is 168 cm³/mol. The van der Waals surface area contributed by atoms with Crippen molar-refractivity contribution in [1.29, 1.82) is 0 Å². The first-order valence-corrected chi connectivity index (χ1v) is 15.5. The normalized spacial score (nSPS) is 19.9. The van der Waals surface area contributed by atoms with Gasteiger partial charge in [0.1, 0.15) is 23.7 Å². The molecule has 0 saturated carbocycles. The van der Waals surface area contributed by atoms with Gasteiger partial charge in [-0.3, -0.25) is 0 Å². The Morgan fingerprint density at radius 1 is 0.956 bits per heavy atom. The van der Waals surface area contributed by atoms with E-state index in [1.165, 1.54) is 27.7 Å². The van der Waals surface area contributed by atoms with E-state index in [4.69, 9.17) is 9.47 Å². The molecule has 0 radical (unpaired) electrons. The maximum atomic E-state index is 14.1. The van der Waals surface area contributed by atoms with Crippen LogP contribution in [0.4, 0.5) is 20.2 Å². The molecule has 2 unspecified atom stereocenters. The molecule has 9 nitrogen and oxygen atoms in total. The molecule has 0 aliphatic carbocycles. The summed E-state index contributed by atoms with van der Waals surface area (Å²) in [6.45, 7) is 7.99. The number of piperazine rings is 1. The van der Waals surface area contributed by atoms with E-state index in [-0.39, 0.29) is 23.8 Å². The van der Waals surface area contributed by atoms with Gasteiger partial charge in [0.15, 0.2) is 0 Å². The molecular formula is C34H39F2N5O4. The zero-order chi connectivity index (χ0) is 31.5. The van der Waals surface area contributed by atoms with Crippen molar-refractivity contribution in [3.05, 3.63) is 101 Å². The van der Waals surface area contributed by atoms with Crippen molar-refractivity contribution >= 4 is 11.4 Å². The lowest BCUT2D eigenvalue weighted by molar-refractivity contribution is 0.100. The van der Waals surface area contributed by atoms with Crippen molar-refractivity contribution in [3.63, 3.8) is 0 Å². The molecule has 2 fully saturated rings. The summed E-state index contributed by atoms with van der Waals surface area (Å²) in [4.78, 5) is 17.6. The van der Waals surface area contributed by atoms with E-state index in [1.54, 1.807) is 6.92 Å². The summed E-state index contributed by atoms with van der Waals surface area (Å²) in [7, 11) is 0. The third kappa shape index (κ3) is 6.74. The highest BCUT2D eigenvalue weighted by Crippen LogP contribution is 2.34. The van der Waals surface area contributed by atoms with Crippen molar-refractivity contribution in [2.24, 2.45) is 5.92 Å². The molecule has 4 atom stereocenters. The Kier molecular flexibility index (Phi) is 9.18. The van der Waals surface area contributed by atoms with Gasteiger partial charge in [-0.05, 0) is 74.4 Å². The number of aromatic nitrogens is 3. The van der Waals surface area contributed by atoms with Crippen LogP contribution in [0.1, 0.15) is 44.4 Å². The predicted octanol–water partition coefficient (Wildman–Crippen LogP) is 5.13. The van der Waals surface area contributed by atoms with Crippen LogP contribution in [0.15, 0.2) is 77.9 Å². The highest BCUT2D eigenvalue weighted by molar-refractivity contribution is 5.54. The summed E-state index contributed by atoms with van der Waals surface area (Å²) in [5.74, 6) is -0.266. The summed E-state index contributed by atoms with van der Waals surface area (Å²) < 4.78 is 42.0. The zero-order valence-electron chi connectivity index (χ0n) is 25.6. The molecule has 4 aromatic rings. The molecule has 2 aliphatic rings. The van der Waals surface area contributed by atoms with Crippen molar-refractivity contribution < 1.29 is 23.4 Å². The third-order valence-corrected chi connectivity index (χ3v) is 8.83. The highest BCUT2D eigenvalue weighted by Gasteiger charge is 2.29. The number of nitrogens with zero attached hydrogens (tertiary/aromatic N) is 5. The van der Waals surface area contributed by atoms with Crippen LogP contribution in [-0.4, -0.2) is 65.0 Å². The first kappa shape index (κ1) is 30.8. The van der Waals surface area contributed by atoms with Gasteiger partial charge in [-0.1, -0.05) is 13.0 Å². The van der Waals surface area contributed by atoms with Gasteiger partial charge in [0.2, 0.25) is 0 Å². The molecule has 1 aromatic heterocycles. The highest BCUT2D eigenvalue weighted by atomic mass is 19.1. The van der Waals surface area contributed by atoms with Gasteiger partial charge in [-0.25, -0.2) is 22.8 Å². The molecule has 2 saturated heterocycles. The molecule has 1 N–H and O–H groups in total. The van der Waals surface area contributed by atoms with Crippen LogP contribution < -0.4 is 20.2 Å². The van der Waals surface area contributed by atoms with Crippen LogP contribution in [0.3, 0.4) is 0 Å². The van der Waals surface area contributed by atoms with Crippen LogP contribution in [0.2, 0.25) is 0 Å². The van der Waals surface area contributed by atoms with E-state index in [0.717, 1.165) is 55.1 Å². The van der Waals surface area contributed by atoms with Crippen molar-refractivity contribution in [1.82, 2.24) is 14.3 Å². The van der Waals surface area contributed by atoms with Crippen molar-refractivity contribution in [2.75, 3.05) is 49.2 Å². The Labute approximate surface area is 261 Å². The van der Waals surface area contributed by atoms with Gasteiger partial charge >= 0.3 is 5.69 Å². The van der Waals surface area contributed by atoms with Gasteiger partial charge in [-0.2, -0.15) is 5.10 Å². The summed E-state index contributed by atoms with van der Waals surface area (Å²) in [5, 5.41) is 14.3. The minimum Gasteiger partial charge on any atom is -0.493 e. The van der Waals surface area contributed by atoms with Gasteiger partial charge in [0, 0.05) is 55.1 Å². The maximum absolute atomic E-state index is 14.1. The SMILES string of the molecule is CC[C@@H](C(C)O)n1ncn(-c2ccc(N3CCN(c4ccc(OC[C@@H]5COC(c6ccc(F)cc6F)C5)cc4)CC3)cc2)c1=O. The van der Waals surface area contributed by atoms with Crippen LogP contribution >= 0.6 is 0 Å². The van der Waals surface area contributed by atoms with E-state index in [1.807, 2.05) is 43.3 Å². The molecule has 3 heterocycles. The molecule has 238 valence electrons. The third-order valence-electron chi connectivity index (χ3n) is 8.83. The monoisotopic (exact) mass is 619 g/mol. The lowest BCUT2D eigenvalue weighted by Crippen LogP contribution is -2.46. The lowest BCUT2D eigenvalue weighted by atomic mass is 10.0. The molecule has 11 heteroatoms.